The van der Waals surface area contributed by atoms with E-state index in [-0.39, 0.29) is 6.61 Å². The topological polar surface area (TPSA) is 66.7 Å². The molecule has 3 aromatic heterocycles. The van der Waals surface area contributed by atoms with E-state index in [4.69, 9.17) is 4.74 Å². The third-order valence-corrected chi connectivity index (χ3v) is 3.59. The number of aromatic nitrogens is 2. The van der Waals surface area contributed by atoms with Crippen LogP contribution in [-0.4, -0.2) is 22.0 Å². The molecule has 3 rings (SSSR count). The number of carbonyl (C=O) groups is 1. The van der Waals surface area contributed by atoms with E-state index in [9.17, 15) is 9.90 Å². The minimum Gasteiger partial charge on any atom is -0.548 e. The van der Waals surface area contributed by atoms with Gasteiger partial charge in [-0.15, -0.1) is 0 Å². The zero-order valence-electron chi connectivity index (χ0n) is 11.5. The molecule has 110 valence electrons. The summed E-state index contributed by atoms with van der Waals surface area (Å²) in [7, 11) is 0. The van der Waals surface area contributed by atoms with Crippen molar-refractivity contribution >= 4 is 23.0 Å². The smallest absolute Gasteiger partial charge is 0.138 e. The molecule has 0 saturated heterocycles. The summed E-state index contributed by atoms with van der Waals surface area (Å²) in [5.41, 5.74) is 2.97. The Morgan fingerprint density at radius 1 is 1.36 bits per heavy atom. The summed E-state index contributed by atoms with van der Waals surface area (Å²) in [4.78, 5) is 14.9. The van der Waals surface area contributed by atoms with Crippen LogP contribution in [-0.2, 0) is 16.1 Å². The largest absolute Gasteiger partial charge is 0.548 e. The van der Waals surface area contributed by atoms with Gasteiger partial charge in [0.1, 0.15) is 17.0 Å². The Morgan fingerprint density at radius 2 is 2.27 bits per heavy atom. The molecule has 0 atom stereocenters. The van der Waals surface area contributed by atoms with Crippen molar-refractivity contribution in [3.63, 3.8) is 0 Å². The van der Waals surface area contributed by atoms with Gasteiger partial charge in [-0.25, -0.2) is 4.98 Å². The molecule has 0 N–H and O–H groups in total. The van der Waals surface area contributed by atoms with Crippen LogP contribution in [0.25, 0.3) is 5.65 Å². The summed E-state index contributed by atoms with van der Waals surface area (Å²) in [5.74, 6) is 4.91. The fraction of sp³-hybridized carbons (Fsp3) is 0.125. The maximum Gasteiger partial charge on any atom is 0.138 e. The molecule has 0 radical (unpaired) electrons. The first kappa shape index (κ1) is 14.3. The Morgan fingerprint density at radius 3 is 3.05 bits per heavy atom. The summed E-state index contributed by atoms with van der Waals surface area (Å²) < 4.78 is 6.94. The molecule has 0 bridgehead atoms. The first-order valence-electron chi connectivity index (χ1n) is 6.52. The van der Waals surface area contributed by atoms with Crippen molar-refractivity contribution in [2.24, 2.45) is 0 Å². The number of carboxylic acids is 1. The lowest BCUT2D eigenvalue weighted by Crippen LogP contribution is -2.27. The highest BCUT2D eigenvalue weighted by Gasteiger charge is 2.10. The predicted molar refractivity (Wildman–Crippen MR) is 80.2 cm³/mol. The molecule has 22 heavy (non-hydrogen) atoms. The fourth-order valence-corrected chi connectivity index (χ4v) is 2.56. The SMILES string of the molecule is O=C([O-])COCc1nc2ccccn2c1C#Cc1ccsc1. The Labute approximate surface area is 130 Å². The number of thiophene rings is 1. The molecule has 0 saturated carbocycles. The molecule has 0 aliphatic rings. The van der Waals surface area contributed by atoms with E-state index >= 15 is 0 Å². The number of ether oxygens (including phenoxy) is 1. The molecular weight excluding hydrogens is 300 g/mol. The van der Waals surface area contributed by atoms with Crippen molar-refractivity contribution in [1.82, 2.24) is 9.38 Å². The van der Waals surface area contributed by atoms with Crippen LogP contribution in [0.4, 0.5) is 0 Å². The van der Waals surface area contributed by atoms with Crippen molar-refractivity contribution < 1.29 is 14.6 Å². The molecular formula is C16H11N2O3S-. The lowest BCUT2D eigenvalue weighted by atomic mass is 10.3. The monoisotopic (exact) mass is 311 g/mol. The lowest BCUT2D eigenvalue weighted by molar-refractivity contribution is -0.309. The van der Waals surface area contributed by atoms with Gasteiger partial charge in [-0.3, -0.25) is 4.40 Å². The van der Waals surface area contributed by atoms with Gasteiger partial charge >= 0.3 is 0 Å². The molecule has 0 unspecified atom stereocenters. The third-order valence-electron chi connectivity index (χ3n) is 2.91. The van der Waals surface area contributed by atoms with Gasteiger partial charge in [0.2, 0.25) is 0 Å². The zero-order valence-corrected chi connectivity index (χ0v) is 12.3. The Kier molecular flexibility index (Phi) is 4.19. The molecule has 6 heteroatoms. The number of rotatable bonds is 4. The molecule has 0 aromatic carbocycles. The second-order valence-corrected chi connectivity index (χ2v) is 5.24. The summed E-state index contributed by atoms with van der Waals surface area (Å²) >= 11 is 1.58. The van der Waals surface area contributed by atoms with Gasteiger partial charge in [-0.05, 0) is 29.5 Å². The number of hydrogen-bond donors (Lipinski definition) is 0. The van der Waals surface area contributed by atoms with Crippen molar-refractivity contribution in [2.75, 3.05) is 6.61 Å². The van der Waals surface area contributed by atoms with E-state index in [0.29, 0.717) is 11.4 Å². The highest BCUT2D eigenvalue weighted by Crippen LogP contribution is 2.13. The van der Waals surface area contributed by atoms with Gasteiger partial charge < -0.3 is 14.6 Å². The van der Waals surface area contributed by atoms with Crippen LogP contribution in [0.1, 0.15) is 17.0 Å². The van der Waals surface area contributed by atoms with Crippen LogP contribution in [0, 0.1) is 11.8 Å². The van der Waals surface area contributed by atoms with Crippen LogP contribution in [0.5, 0.6) is 0 Å². The summed E-state index contributed by atoms with van der Waals surface area (Å²) in [6.45, 7) is -0.394. The second kappa shape index (κ2) is 6.43. The molecule has 3 aromatic rings. The van der Waals surface area contributed by atoms with E-state index in [1.165, 1.54) is 0 Å². The molecule has 0 amide bonds. The zero-order chi connectivity index (χ0) is 15.4. The number of fused-ring (bicyclic) bond motifs is 1. The molecule has 5 nitrogen and oxygen atoms in total. The quantitative estimate of drug-likeness (QED) is 0.676. The highest BCUT2D eigenvalue weighted by atomic mass is 32.1. The Bertz CT molecular complexity index is 857. The van der Waals surface area contributed by atoms with Crippen molar-refractivity contribution in [3.8, 4) is 11.8 Å². The van der Waals surface area contributed by atoms with Crippen LogP contribution in [0.3, 0.4) is 0 Å². The van der Waals surface area contributed by atoms with Gasteiger partial charge in [0.25, 0.3) is 0 Å². The average Bonchev–Trinajstić information content (AvgIpc) is 3.12. The molecule has 0 aliphatic carbocycles. The summed E-state index contributed by atoms with van der Waals surface area (Å²) in [6.07, 6.45) is 1.86. The van der Waals surface area contributed by atoms with Crippen LogP contribution < -0.4 is 5.11 Å². The fourth-order valence-electron chi connectivity index (χ4n) is 1.98. The van der Waals surface area contributed by atoms with E-state index < -0.39 is 12.6 Å². The van der Waals surface area contributed by atoms with Crippen molar-refractivity contribution in [1.29, 1.82) is 0 Å². The predicted octanol–water partition coefficient (Wildman–Crippen LogP) is 1.06. The summed E-state index contributed by atoms with van der Waals surface area (Å²) in [5, 5.41) is 14.4. The van der Waals surface area contributed by atoms with E-state index in [0.717, 1.165) is 11.2 Å². The molecule has 0 spiro atoms. The average molecular weight is 311 g/mol. The first-order valence-corrected chi connectivity index (χ1v) is 7.46. The van der Waals surface area contributed by atoms with Gasteiger partial charge in [-0.1, -0.05) is 12.0 Å². The lowest BCUT2D eigenvalue weighted by Gasteiger charge is -2.03. The maximum atomic E-state index is 10.4. The van der Waals surface area contributed by atoms with E-state index in [1.54, 1.807) is 11.3 Å². The van der Waals surface area contributed by atoms with Gasteiger partial charge in [0, 0.05) is 17.1 Å². The molecule has 0 aliphatic heterocycles. The standard InChI is InChI=1S/C16H12N2O3S/c19-16(20)10-21-9-13-14(5-4-12-6-8-22-11-12)18-7-2-1-3-15(18)17-13/h1-3,6-8,11H,9-10H2,(H,19,20)/p-1. The van der Waals surface area contributed by atoms with Gasteiger partial charge in [0.15, 0.2) is 0 Å². The van der Waals surface area contributed by atoms with E-state index in [2.05, 4.69) is 16.8 Å². The van der Waals surface area contributed by atoms with Gasteiger partial charge in [-0.2, -0.15) is 11.3 Å². The molecule has 3 heterocycles. The number of aliphatic carboxylic acids is 1. The minimum atomic E-state index is -1.25. The highest BCUT2D eigenvalue weighted by molar-refractivity contribution is 7.08. The van der Waals surface area contributed by atoms with Crippen LogP contribution in [0.2, 0.25) is 0 Å². The van der Waals surface area contributed by atoms with Crippen molar-refractivity contribution in [3.05, 3.63) is 58.2 Å². The third kappa shape index (κ3) is 3.17. The molecule has 0 fully saturated rings. The Hall–Kier alpha value is -2.62. The number of carboxylic acid groups (broad SMARTS) is 1. The number of pyridine rings is 1. The number of nitrogens with zero attached hydrogens (tertiary/aromatic N) is 2. The number of carbonyl (C=O) groups excluding carboxylic acids is 1. The van der Waals surface area contributed by atoms with Crippen molar-refractivity contribution in [2.45, 2.75) is 6.61 Å². The second-order valence-electron chi connectivity index (χ2n) is 4.46. The number of imidazole rings is 1. The van der Waals surface area contributed by atoms with Crippen LogP contribution >= 0.6 is 11.3 Å². The maximum absolute atomic E-state index is 10.4. The Balaban J connectivity index is 1.95. The first-order chi connectivity index (χ1) is 10.7. The minimum absolute atomic E-state index is 0.0727. The summed E-state index contributed by atoms with van der Waals surface area (Å²) in [6, 6.07) is 7.56. The number of hydrogen-bond acceptors (Lipinski definition) is 5. The van der Waals surface area contributed by atoms with E-state index in [1.807, 2.05) is 45.6 Å². The normalized spacial score (nSPS) is 10.4. The van der Waals surface area contributed by atoms with Crippen LogP contribution in [0.15, 0.2) is 41.2 Å². The van der Waals surface area contributed by atoms with Gasteiger partial charge in [0.05, 0.1) is 19.2 Å².